The van der Waals surface area contributed by atoms with E-state index in [1.54, 1.807) is 0 Å². The van der Waals surface area contributed by atoms with Crippen LogP contribution in [0.1, 0.15) is 57.0 Å². The Balaban J connectivity index is 2.34. The van der Waals surface area contributed by atoms with Crippen LogP contribution in [0.3, 0.4) is 0 Å². The smallest absolute Gasteiger partial charge is 0.163 e. The van der Waals surface area contributed by atoms with Gasteiger partial charge in [0.2, 0.25) is 0 Å². The summed E-state index contributed by atoms with van der Waals surface area (Å²) >= 11 is 0. The molecule has 3 rings (SSSR count). The summed E-state index contributed by atoms with van der Waals surface area (Å²) in [5, 5.41) is 2.21. The Morgan fingerprint density at radius 1 is 1.00 bits per heavy atom. The fourth-order valence-corrected chi connectivity index (χ4v) is 3.77. The zero-order valence-electron chi connectivity index (χ0n) is 14.7. The van der Waals surface area contributed by atoms with E-state index in [0.717, 1.165) is 21.9 Å². The van der Waals surface area contributed by atoms with Gasteiger partial charge in [0.05, 0.1) is 0 Å². The Bertz CT molecular complexity index is 865. The Hall–Kier alpha value is -2.15. The molecule has 1 nitrogen and oxygen atoms in total. The van der Waals surface area contributed by atoms with E-state index in [0.29, 0.717) is 12.3 Å². The molecular weight excluding hydrogens is 280 g/mol. The van der Waals surface area contributed by atoms with Gasteiger partial charge < -0.3 is 0 Å². The molecule has 0 saturated heterocycles. The average molecular weight is 304 g/mol. The summed E-state index contributed by atoms with van der Waals surface area (Å²) in [6.07, 6.45) is 0.535. The molecule has 0 spiro atoms. The van der Waals surface area contributed by atoms with Crippen LogP contribution in [0, 0.1) is 5.92 Å². The second-order valence-corrected chi connectivity index (χ2v) is 6.55. The van der Waals surface area contributed by atoms with Gasteiger partial charge in [0.15, 0.2) is 5.78 Å². The van der Waals surface area contributed by atoms with Gasteiger partial charge in [-0.3, -0.25) is 4.79 Å². The number of fused-ring (bicyclic) bond motifs is 1. The van der Waals surface area contributed by atoms with E-state index in [2.05, 4.69) is 52.0 Å². The van der Waals surface area contributed by atoms with Crippen molar-refractivity contribution in [2.45, 2.75) is 41.0 Å². The summed E-state index contributed by atoms with van der Waals surface area (Å²) in [4.78, 5) is 12.7. The molecule has 0 aliphatic heterocycles. The minimum Gasteiger partial charge on any atom is -0.294 e. The van der Waals surface area contributed by atoms with Crippen LogP contribution in [0.15, 0.2) is 53.1 Å². The summed E-state index contributed by atoms with van der Waals surface area (Å²) in [6, 6.07) is 12.5. The van der Waals surface area contributed by atoms with E-state index < -0.39 is 0 Å². The topological polar surface area (TPSA) is 17.1 Å². The number of ketones is 1. The number of hydrogen-bond acceptors (Lipinski definition) is 1. The first-order chi connectivity index (χ1) is 11.0. The van der Waals surface area contributed by atoms with Gasteiger partial charge in [-0.1, -0.05) is 55.8 Å². The Morgan fingerprint density at radius 2 is 1.70 bits per heavy atom. The molecule has 0 amide bonds. The Kier molecular flexibility index (Phi) is 3.97. The molecule has 2 aromatic carbocycles. The van der Waals surface area contributed by atoms with Crippen molar-refractivity contribution >= 4 is 22.1 Å². The first-order valence-corrected chi connectivity index (χ1v) is 8.41. The van der Waals surface area contributed by atoms with E-state index in [-0.39, 0.29) is 5.78 Å². The number of carbonyl (C=O) groups excluding carboxylic acids is 1. The largest absolute Gasteiger partial charge is 0.294 e. The summed E-state index contributed by atoms with van der Waals surface area (Å²) in [5.41, 5.74) is 7.46. The predicted molar refractivity (Wildman–Crippen MR) is 98.7 cm³/mol. The molecule has 1 unspecified atom stereocenters. The molecular formula is C22H24O. The van der Waals surface area contributed by atoms with Crippen molar-refractivity contribution in [3.05, 3.63) is 64.2 Å². The number of benzene rings is 2. The Labute approximate surface area is 138 Å². The van der Waals surface area contributed by atoms with Crippen molar-refractivity contribution in [2.24, 2.45) is 5.92 Å². The lowest BCUT2D eigenvalue weighted by atomic mass is 9.85. The lowest BCUT2D eigenvalue weighted by molar-refractivity contribution is 0.0989. The SMILES string of the molecule is CCC(=O)c1c(C2=C(C)C(C)=C(C)C2C)ccc2ccccc12. The van der Waals surface area contributed by atoms with Crippen molar-refractivity contribution in [2.75, 3.05) is 0 Å². The van der Waals surface area contributed by atoms with E-state index in [9.17, 15) is 4.79 Å². The van der Waals surface area contributed by atoms with Gasteiger partial charge >= 0.3 is 0 Å². The molecule has 0 bridgehead atoms. The summed E-state index contributed by atoms with van der Waals surface area (Å²) in [6.45, 7) is 10.8. The third-order valence-electron chi connectivity index (χ3n) is 5.46. The van der Waals surface area contributed by atoms with Crippen LogP contribution in [-0.2, 0) is 0 Å². The first-order valence-electron chi connectivity index (χ1n) is 8.41. The van der Waals surface area contributed by atoms with E-state index in [4.69, 9.17) is 0 Å². The minimum absolute atomic E-state index is 0.228. The van der Waals surface area contributed by atoms with Crippen LogP contribution in [0.25, 0.3) is 16.3 Å². The second-order valence-electron chi connectivity index (χ2n) is 6.55. The molecule has 0 radical (unpaired) electrons. The Morgan fingerprint density at radius 3 is 2.30 bits per heavy atom. The molecule has 0 saturated carbocycles. The molecule has 0 heterocycles. The summed E-state index contributed by atoms with van der Waals surface area (Å²) in [7, 11) is 0. The van der Waals surface area contributed by atoms with Crippen LogP contribution in [0.5, 0.6) is 0 Å². The summed E-state index contributed by atoms with van der Waals surface area (Å²) < 4.78 is 0. The van der Waals surface area contributed by atoms with Crippen LogP contribution < -0.4 is 0 Å². The minimum atomic E-state index is 0.228. The van der Waals surface area contributed by atoms with E-state index >= 15 is 0 Å². The highest BCUT2D eigenvalue weighted by atomic mass is 16.1. The van der Waals surface area contributed by atoms with Gasteiger partial charge in [0, 0.05) is 17.9 Å². The highest BCUT2D eigenvalue weighted by Crippen LogP contribution is 2.44. The molecule has 1 aliphatic carbocycles. The number of rotatable bonds is 3. The van der Waals surface area contributed by atoms with Crippen LogP contribution in [-0.4, -0.2) is 5.78 Å². The maximum absolute atomic E-state index is 12.7. The van der Waals surface area contributed by atoms with Crippen molar-refractivity contribution < 1.29 is 4.79 Å². The van der Waals surface area contributed by atoms with Gasteiger partial charge in [-0.2, -0.15) is 0 Å². The van der Waals surface area contributed by atoms with Crippen LogP contribution in [0.2, 0.25) is 0 Å². The van der Waals surface area contributed by atoms with Gasteiger partial charge in [0.25, 0.3) is 0 Å². The highest BCUT2D eigenvalue weighted by Gasteiger charge is 2.28. The normalized spacial score (nSPS) is 18.2. The highest BCUT2D eigenvalue weighted by molar-refractivity contribution is 6.12. The quantitative estimate of drug-likeness (QED) is 0.618. The number of allylic oxidation sites excluding steroid dienone is 4. The molecule has 118 valence electrons. The molecule has 23 heavy (non-hydrogen) atoms. The first kappa shape index (κ1) is 15.7. The van der Waals surface area contributed by atoms with Crippen molar-refractivity contribution in [3.63, 3.8) is 0 Å². The zero-order valence-corrected chi connectivity index (χ0v) is 14.7. The lowest BCUT2D eigenvalue weighted by Crippen LogP contribution is -2.07. The van der Waals surface area contributed by atoms with Gasteiger partial charge in [-0.15, -0.1) is 0 Å². The predicted octanol–water partition coefficient (Wildman–Crippen LogP) is 6.19. The molecule has 0 N–H and O–H groups in total. The fraction of sp³-hybridized carbons (Fsp3) is 0.318. The van der Waals surface area contributed by atoms with Crippen molar-refractivity contribution in [3.8, 4) is 0 Å². The molecule has 0 aromatic heterocycles. The molecule has 1 aliphatic rings. The second kappa shape index (κ2) is 5.81. The zero-order chi connectivity index (χ0) is 16.7. The molecule has 0 fully saturated rings. The molecule has 1 heteroatoms. The number of Topliss-reactive ketones (excluding diaryl/α,β-unsaturated/α-hetero) is 1. The van der Waals surface area contributed by atoms with Gasteiger partial charge in [0.1, 0.15) is 0 Å². The van der Waals surface area contributed by atoms with Gasteiger partial charge in [-0.05, 0) is 53.8 Å². The fourth-order valence-electron chi connectivity index (χ4n) is 3.77. The van der Waals surface area contributed by atoms with Gasteiger partial charge in [-0.25, -0.2) is 0 Å². The molecule has 2 aromatic rings. The molecule has 1 atom stereocenters. The standard InChI is InChI=1S/C22H24O/c1-6-20(23)22-18-10-8-7-9-17(18)11-12-19(22)21-15(4)13(2)14(3)16(21)5/h7-12,15H,6H2,1-5H3. The maximum atomic E-state index is 12.7. The van der Waals surface area contributed by atoms with Crippen LogP contribution >= 0.6 is 0 Å². The lowest BCUT2D eigenvalue weighted by Gasteiger charge is -2.18. The van der Waals surface area contributed by atoms with E-state index in [1.807, 2.05) is 19.1 Å². The third-order valence-corrected chi connectivity index (χ3v) is 5.46. The monoisotopic (exact) mass is 304 g/mol. The number of carbonyl (C=O) groups is 1. The van der Waals surface area contributed by atoms with Crippen LogP contribution in [0.4, 0.5) is 0 Å². The maximum Gasteiger partial charge on any atom is 0.163 e. The van der Waals surface area contributed by atoms with Crippen molar-refractivity contribution in [1.29, 1.82) is 0 Å². The van der Waals surface area contributed by atoms with Crippen molar-refractivity contribution in [1.82, 2.24) is 0 Å². The van der Waals surface area contributed by atoms with E-state index in [1.165, 1.54) is 22.3 Å². The number of hydrogen-bond donors (Lipinski definition) is 0. The third kappa shape index (κ3) is 2.35. The summed E-state index contributed by atoms with van der Waals surface area (Å²) in [5.74, 6) is 0.603. The average Bonchev–Trinajstić information content (AvgIpc) is 2.76.